The minimum Gasteiger partial charge on any atom is -0.507 e. The third kappa shape index (κ3) is 5.67. The van der Waals surface area contributed by atoms with Crippen molar-refractivity contribution in [3.8, 4) is 11.5 Å². The summed E-state index contributed by atoms with van der Waals surface area (Å²) in [4.78, 5) is 24.4. The van der Waals surface area contributed by atoms with Crippen LogP contribution in [-0.4, -0.2) is 33.5 Å². The number of carbonyl (C=O) groups excluding carboxylic acids is 2. The van der Waals surface area contributed by atoms with E-state index in [-0.39, 0.29) is 22.6 Å². The Labute approximate surface area is 189 Å². The number of phenolic OH excluding ortho intramolecular Hbond substituents is 2. The summed E-state index contributed by atoms with van der Waals surface area (Å²) in [5, 5.41) is 27.9. The van der Waals surface area contributed by atoms with Gasteiger partial charge in [0.15, 0.2) is 0 Å². The Hall–Kier alpha value is -2.72. The predicted molar refractivity (Wildman–Crippen MR) is 120 cm³/mol. The smallest absolute Gasteiger partial charge is 0.275 e. The van der Waals surface area contributed by atoms with E-state index in [4.69, 9.17) is 0 Å². The average molecular weight is 538 g/mol. The second kappa shape index (κ2) is 9.86. The van der Waals surface area contributed by atoms with E-state index in [0.717, 1.165) is 11.4 Å². The Balaban J connectivity index is 1.54. The number of amides is 2. The van der Waals surface area contributed by atoms with Crippen molar-refractivity contribution in [1.29, 1.82) is 0 Å². The van der Waals surface area contributed by atoms with Gasteiger partial charge in [-0.3, -0.25) is 9.59 Å². The quantitative estimate of drug-likeness (QED) is 0.439. The van der Waals surface area contributed by atoms with Crippen LogP contribution in [0.15, 0.2) is 55.5 Å². The van der Waals surface area contributed by atoms with Gasteiger partial charge in [0.05, 0.1) is 11.1 Å². The first kappa shape index (κ1) is 22.0. The van der Waals surface area contributed by atoms with Gasteiger partial charge in [0.1, 0.15) is 11.5 Å². The summed E-state index contributed by atoms with van der Waals surface area (Å²) < 4.78 is 1.35. The molecule has 1 aliphatic carbocycles. The molecule has 3 rings (SSSR count). The molecule has 0 aromatic heterocycles. The highest BCUT2D eigenvalue weighted by molar-refractivity contribution is 9.10. The summed E-state index contributed by atoms with van der Waals surface area (Å²) in [6.45, 7) is 0. The Morgan fingerprint density at radius 2 is 1.10 bits per heavy atom. The van der Waals surface area contributed by atoms with Crippen molar-refractivity contribution in [3.63, 3.8) is 0 Å². The number of nitrogens with one attached hydrogen (secondary N) is 2. The molecule has 0 saturated heterocycles. The zero-order valence-corrected chi connectivity index (χ0v) is 18.8. The Bertz CT molecular complexity index is 958. The van der Waals surface area contributed by atoms with E-state index in [1.54, 1.807) is 12.1 Å². The SMILES string of the molecule is O=C(NN=C1CCC(=NNC(=O)c2cc(Br)ccc2O)CC1)c1cc(Br)ccc1O. The maximum absolute atomic E-state index is 12.2. The first-order valence-electron chi connectivity index (χ1n) is 9.02. The number of hydrogen-bond acceptors (Lipinski definition) is 6. The van der Waals surface area contributed by atoms with Gasteiger partial charge in [-0.05, 0) is 62.1 Å². The van der Waals surface area contributed by atoms with Crippen LogP contribution in [0.3, 0.4) is 0 Å². The van der Waals surface area contributed by atoms with Crippen LogP contribution in [0.5, 0.6) is 11.5 Å². The van der Waals surface area contributed by atoms with E-state index in [9.17, 15) is 19.8 Å². The van der Waals surface area contributed by atoms with Crippen molar-refractivity contribution in [2.24, 2.45) is 10.2 Å². The number of hydrazone groups is 2. The largest absolute Gasteiger partial charge is 0.507 e. The molecule has 2 amide bonds. The topological polar surface area (TPSA) is 123 Å². The number of carbonyl (C=O) groups is 2. The maximum Gasteiger partial charge on any atom is 0.275 e. The van der Waals surface area contributed by atoms with Crippen molar-refractivity contribution >= 4 is 55.1 Å². The van der Waals surface area contributed by atoms with Gasteiger partial charge in [-0.2, -0.15) is 10.2 Å². The van der Waals surface area contributed by atoms with Crippen molar-refractivity contribution in [2.75, 3.05) is 0 Å². The fraction of sp³-hybridized carbons (Fsp3) is 0.200. The monoisotopic (exact) mass is 536 g/mol. The van der Waals surface area contributed by atoms with Gasteiger partial charge in [0, 0.05) is 20.4 Å². The van der Waals surface area contributed by atoms with Crippen LogP contribution < -0.4 is 10.9 Å². The highest BCUT2D eigenvalue weighted by atomic mass is 79.9. The van der Waals surface area contributed by atoms with Gasteiger partial charge in [-0.15, -0.1) is 0 Å². The Morgan fingerprint density at radius 3 is 1.47 bits per heavy atom. The van der Waals surface area contributed by atoms with Crippen LogP contribution in [0.1, 0.15) is 46.4 Å². The van der Waals surface area contributed by atoms with Crippen molar-refractivity contribution < 1.29 is 19.8 Å². The molecule has 8 nitrogen and oxygen atoms in total. The maximum atomic E-state index is 12.2. The first-order chi connectivity index (χ1) is 14.3. The summed E-state index contributed by atoms with van der Waals surface area (Å²) in [6.07, 6.45) is 2.34. The molecule has 1 fully saturated rings. The lowest BCUT2D eigenvalue weighted by molar-refractivity contribution is 0.0943. The van der Waals surface area contributed by atoms with Gasteiger partial charge < -0.3 is 10.2 Å². The summed E-state index contributed by atoms with van der Waals surface area (Å²) >= 11 is 6.52. The number of aromatic hydroxyl groups is 2. The van der Waals surface area contributed by atoms with Gasteiger partial charge in [-0.25, -0.2) is 10.9 Å². The normalized spacial score (nSPS) is 13.5. The van der Waals surface area contributed by atoms with E-state index >= 15 is 0 Å². The molecule has 1 saturated carbocycles. The van der Waals surface area contributed by atoms with Gasteiger partial charge in [-0.1, -0.05) is 31.9 Å². The van der Waals surface area contributed by atoms with E-state index in [0.29, 0.717) is 34.6 Å². The summed E-state index contributed by atoms with van der Waals surface area (Å²) in [7, 11) is 0. The molecule has 0 atom stereocenters. The molecule has 0 spiro atoms. The lowest BCUT2D eigenvalue weighted by atomic mass is 9.97. The fourth-order valence-corrected chi connectivity index (χ4v) is 3.53. The molecule has 0 radical (unpaired) electrons. The van der Waals surface area contributed by atoms with Crippen LogP contribution in [0.25, 0.3) is 0 Å². The molecular weight excluding hydrogens is 520 g/mol. The van der Waals surface area contributed by atoms with Crippen molar-refractivity contribution in [2.45, 2.75) is 25.7 Å². The minimum absolute atomic E-state index is 0.124. The molecule has 1 aliphatic rings. The van der Waals surface area contributed by atoms with Gasteiger partial charge >= 0.3 is 0 Å². The van der Waals surface area contributed by atoms with Crippen molar-refractivity contribution in [1.82, 2.24) is 10.9 Å². The van der Waals surface area contributed by atoms with Crippen LogP contribution in [0.2, 0.25) is 0 Å². The van der Waals surface area contributed by atoms with Gasteiger partial charge in [0.25, 0.3) is 11.8 Å². The lowest BCUT2D eigenvalue weighted by Crippen LogP contribution is -2.24. The highest BCUT2D eigenvalue weighted by Crippen LogP contribution is 2.23. The summed E-state index contributed by atoms with van der Waals surface area (Å²) in [6, 6.07) is 9.16. The molecular formula is C20H18Br2N4O4. The van der Waals surface area contributed by atoms with Gasteiger partial charge in [0.2, 0.25) is 0 Å². The minimum atomic E-state index is -0.498. The Morgan fingerprint density at radius 1 is 0.733 bits per heavy atom. The first-order valence-corrected chi connectivity index (χ1v) is 10.6. The molecule has 156 valence electrons. The molecule has 30 heavy (non-hydrogen) atoms. The standard InChI is InChI=1S/C20H18Br2N4O4/c21-11-1-7-17(27)15(9-11)19(29)25-23-13-3-5-14(6-4-13)24-26-20(30)16-10-12(22)2-8-18(16)28/h1-2,7-10,27-28H,3-6H2,(H,25,29)(H,26,30). The average Bonchev–Trinajstić information content (AvgIpc) is 2.74. The second-order valence-corrected chi connectivity index (χ2v) is 8.39. The molecule has 0 aliphatic heterocycles. The van der Waals surface area contributed by atoms with Crippen LogP contribution in [0, 0.1) is 0 Å². The van der Waals surface area contributed by atoms with E-state index in [1.165, 1.54) is 24.3 Å². The van der Waals surface area contributed by atoms with E-state index in [1.807, 2.05) is 0 Å². The molecule has 0 bridgehead atoms. The Kier molecular flexibility index (Phi) is 7.22. The molecule has 0 heterocycles. The predicted octanol–water partition coefficient (Wildman–Crippen LogP) is 4.07. The third-order valence-corrected chi connectivity index (χ3v) is 5.43. The molecule has 0 unspecified atom stereocenters. The number of benzene rings is 2. The van der Waals surface area contributed by atoms with E-state index < -0.39 is 11.8 Å². The summed E-state index contributed by atoms with van der Waals surface area (Å²) in [5.74, 6) is -1.24. The fourth-order valence-electron chi connectivity index (χ4n) is 2.81. The second-order valence-electron chi connectivity index (χ2n) is 6.56. The molecule has 10 heteroatoms. The molecule has 2 aromatic carbocycles. The number of halogens is 2. The summed E-state index contributed by atoms with van der Waals surface area (Å²) in [5.41, 5.74) is 6.78. The number of phenols is 2. The zero-order chi connectivity index (χ0) is 21.7. The number of hydrogen-bond donors (Lipinski definition) is 4. The van der Waals surface area contributed by atoms with Crippen molar-refractivity contribution in [3.05, 3.63) is 56.5 Å². The molecule has 4 N–H and O–H groups in total. The third-order valence-electron chi connectivity index (χ3n) is 4.44. The van der Waals surface area contributed by atoms with Crippen LogP contribution in [-0.2, 0) is 0 Å². The highest BCUT2D eigenvalue weighted by Gasteiger charge is 2.16. The van der Waals surface area contributed by atoms with Crippen LogP contribution in [0.4, 0.5) is 0 Å². The van der Waals surface area contributed by atoms with E-state index in [2.05, 4.69) is 52.9 Å². The zero-order valence-electron chi connectivity index (χ0n) is 15.7. The molecule has 2 aromatic rings. The lowest BCUT2D eigenvalue weighted by Gasteiger charge is -2.15. The number of rotatable bonds is 4. The van der Waals surface area contributed by atoms with Crippen LogP contribution >= 0.6 is 31.9 Å². The number of nitrogens with zero attached hydrogens (tertiary/aromatic N) is 2.